The van der Waals surface area contributed by atoms with E-state index in [9.17, 15) is 4.79 Å². The first-order chi connectivity index (χ1) is 10.6. The molecule has 0 bridgehead atoms. The lowest BCUT2D eigenvalue weighted by atomic mass is 9.99. The van der Waals surface area contributed by atoms with Gasteiger partial charge in [0.05, 0.1) is 6.54 Å². The molecule has 0 aliphatic heterocycles. The topological polar surface area (TPSA) is 79.5 Å². The van der Waals surface area contributed by atoms with Gasteiger partial charge in [0, 0.05) is 18.2 Å². The first kappa shape index (κ1) is 19.7. The van der Waals surface area contributed by atoms with Crippen LogP contribution in [0.1, 0.15) is 44.6 Å². The highest BCUT2D eigenvalue weighted by Crippen LogP contribution is 2.28. The Labute approximate surface area is 155 Å². The summed E-state index contributed by atoms with van der Waals surface area (Å²) in [6, 6.07) is 8.25. The van der Waals surface area contributed by atoms with E-state index >= 15 is 0 Å². The standard InChI is InChI=1S/C17H26N4O.HI/c1-3-12(2)13-6-8-15(9-7-13)21-17(18)20-11-10-19-16(22)14-4-5-14;/h6-9,12,14H,3-5,10-11H2,1-2H3,(H,19,22)(H3,18,20,21);1H. The van der Waals surface area contributed by atoms with E-state index in [1.54, 1.807) is 0 Å². The average Bonchev–Trinajstić information content (AvgIpc) is 3.36. The van der Waals surface area contributed by atoms with Crippen LogP contribution in [0.5, 0.6) is 0 Å². The van der Waals surface area contributed by atoms with Crippen LogP contribution < -0.4 is 16.4 Å². The summed E-state index contributed by atoms with van der Waals surface area (Å²) in [4.78, 5) is 15.7. The number of hydrogen-bond donors (Lipinski definition) is 3. The fourth-order valence-corrected chi connectivity index (χ4v) is 2.16. The quantitative estimate of drug-likeness (QED) is 0.269. The van der Waals surface area contributed by atoms with Crippen molar-refractivity contribution in [2.24, 2.45) is 16.6 Å². The summed E-state index contributed by atoms with van der Waals surface area (Å²) in [5.74, 6) is 1.32. The van der Waals surface area contributed by atoms with Crippen LogP contribution in [-0.4, -0.2) is 25.0 Å². The van der Waals surface area contributed by atoms with Crippen molar-refractivity contribution in [3.63, 3.8) is 0 Å². The molecule has 0 aromatic heterocycles. The molecular formula is C17H27IN4O. The second-order valence-electron chi connectivity index (χ2n) is 5.89. The minimum absolute atomic E-state index is 0. The zero-order valence-electron chi connectivity index (χ0n) is 13.8. The van der Waals surface area contributed by atoms with Crippen molar-refractivity contribution in [2.75, 3.05) is 18.4 Å². The maximum Gasteiger partial charge on any atom is 0.223 e. The molecule has 0 spiro atoms. The Morgan fingerprint density at radius 1 is 1.35 bits per heavy atom. The Bertz CT molecular complexity index is 526. The van der Waals surface area contributed by atoms with Crippen LogP contribution in [0.15, 0.2) is 29.3 Å². The molecule has 1 amide bonds. The Morgan fingerprint density at radius 2 is 2.00 bits per heavy atom. The van der Waals surface area contributed by atoms with Gasteiger partial charge in [-0.2, -0.15) is 0 Å². The third-order valence-corrected chi connectivity index (χ3v) is 4.01. The number of guanidine groups is 1. The van der Waals surface area contributed by atoms with Gasteiger partial charge in [0.15, 0.2) is 5.96 Å². The van der Waals surface area contributed by atoms with Crippen molar-refractivity contribution in [2.45, 2.75) is 39.0 Å². The van der Waals surface area contributed by atoms with E-state index in [-0.39, 0.29) is 35.8 Å². The van der Waals surface area contributed by atoms with E-state index in [1.807, 2.05) is 12.1 Å². The molecule has 1 aromatic rings. The zero-order chi connectivity index (χ0) is 15.9. The predicted molar refractivity (Wildman–Crippen MR) is 106 cm³/mol. The van der Waals surface area contributed by atoms with Crippen LogP contribution in [-0.2, 0) is 4.79 Å². The number of nitrogens with one attached hydrogen (secondary N) is 2. The van der Waals surface area contributed by atoms with Gasteiger partial charge in [-0.25, -0.2) is 0 Å². The van der Waals surface area contributed by atoms with Gasteiger partial charge in [0.25, 0.3) is 0 Å². The van der Waals surface area contributed by atoms with Crippen LogP contribution in [0.2, 0.25) is 0 Å². The monoisotopic (exact) mass is 430 g/mol. The van der Waals surface area contributed by atoms with E-state index in [0.29, 0.717) is 25.0 Å². The molecule has 1 unspecified atom stereocenters. The number of carbonyl (C=O) groups excluding carboxylic acids is 1. The molecule has 1 fully saturated rings. The summed E-state index contributed by atoms with van der Waals surface area (Å²) in [5.41, 5.74) is 8.10. The van der Waals surface area contributed by atoms with Gasteiger partial charge in [-0.1, -0.05) is 26.0 Å². The van der Waals surface area contributed by atoms with Crippen molar-refractivity contribution in [1.82, 2.24) is 5.32 Å². The Morgan fingerprint density at radius 3 is 2.57 bits per heavy atom. The highest BCUT2D eigenvalue weighted by molar-refractivity contribution is 14.0. The lowest BCUT2D eigenvalue weighted by Gasteiger charge is -2.11. The molecule has 0 radical (unpaired) electrons. The second-order valence-corrected chi connectivity index (χ2v) is 5.89. The molecule has 128 valence electrons. The number of anilines is 1. The van der Waals surface area contributed by atoms with E-state index < -0.39 is 0 Å². The molecule has 2 rings (SSSR count). The van der Waals surface area contributed by atoms with Gasteiger partial charge < -0.3 is 16.4 Å². The van der Waals surface area contributed by atoms with Crippen molar-refractivity contribution in [3.8, 4) is 0 Å². The maximum atomic E-state index is 11.4. The minimum Gasteiger partial charge on any atom is -0.370 e. The van der Waals surface area contributed by atoms with Gasteiger partial charge in [-0.15, -0.1) is 24.0 Å². The van der Waals surface area contributed by atoms with Crippen LogP contribution in [0.3, 0.4) is 0 Å². The summed E-state index contributed by atoms with van der Waals surface area (Å²) >= 11 is 0. The van der Waals surface area contributed by atoms with Gasteiger partial charge >= 0.3 is 0 Å². The molecule has 1 aromatic carbocycles. The molecule has 0 saturated heterocycles. The number of halogens is 1. The zero-order valence-corrected chi connectivity index (χ0v) is 16.2. The molecule has 1 saturated carbocycles. The predicted octanol–water partition coefficient (Wildman–Crippen LogP) is 3.07. The van der Waals surface area contributed by atoms with Crippen LogP contribution in [0, 0.1) is 5.92 Å². The first-order valence-corrected chi connectivity index (χ1v) is 8.04. The number of amides is 1. The first-order valence-electron chi connectivity index (χ1n) is 8.04. The Kier molecular flexibility index (Phi) is 8.36. The number of nitrogens with zero attached hydrogens (tertiary/aromatic N) is 1. The third kappa shape index (κ3) is 6.76. The smallest absolute Gasteiger partial charge is 0.223 e. The van der Waals surface area contributed by atoms with Crippen molar-refractivity contribution in [1.29, 1.82) is 0 Å². The van der Waals surface area contributed by atoms with E-state index in [0.717, 1.165) is 24.9 Å². The van der Waals surface area contributed by atoms with Gasteiger partial charge in [-0.3, -0.25) is 9.79 Å². The molecule has 6 heteroatoms. The maximum absolute atomic E-state index is 11.4. The molecule has 1 aliphatic rings. The number of rotatable bonds is 7. The summed E-state index contributed by atoms with van der Waals surface area (Å²) in [6.07, 6.45) is 3.17. The minimum atomic E-state index is 0. The second kappa shape index (κ2) is 9.75. The lowest BCUT2D eigenvalue weighted by Crippen LogP contribution is -2.29. The summed E-state index contributed by atoms with van der Waals surface area (Å²) in [6.45, 7) is 5.42. The van der Waals surface area contributed by atoms with E-state index in [4.69, 9.17) is 5.73 Å². The third-order valence-electron chi connectivity index (χ3n) is 4.01. The fourth-order valence-electron chi connectivity index (χ4n) is 2.16. The number of hydrogen-bond acceptors (Lipinski definition) is 2. The lowest BCUT2D eigenvalue weighted by molar-refractivity contribution is -0.122. The Balaban J connectivity index is 0.00000264. The average molecular weight is 430 g/mol. The van der Waals surface area contributed by atoms with Gasteiger partial charge in [0.1, 0.15) is 0 Å². The molecule has 1 aliphatic carbocycles. The van der Waals surface area contributed by atoms with Gasteiger partial charge in [0.2, 0.25) is 5.91 Å². The Hall–Kier alpha value is -1.31. The number of aliphatic imine (C=N–C) groups is 1. The van der Waals surface area contributed by atoms with Crippen LogP contribution >= 0.6 is 24.0 Å². The molecule has 23 heavy (non-hydrogen) atoms. The highest BCUT2D eigenvalue weighted by Gasteiger charge is 2.28. The largest absolute Gasteiger partial charge is 0.370 e. The van der Waals surface area contributed by atoms with Gasteiger partial charge in [-0.05, 0) is 42.9 Å². The van der Waals surface area contributed by atoms with Crippen LogP contribution in [0.4, 0.5) is 5.69 Å². The van der Waals surface area contributed by atoms with Crippen molar-refractivity contribution >= 4 is 41.5 Å². The number of carbonyl (C=O) groups is 1. The SMILES string of the molecule is CCC(C)c1ccc(NC(N)=NCCNC(=O)C2CC2)cc1.I. The molecule has 0 heterocycles. The normalized spacial score (nSPS) is 15.5. The number of nitrogens with two attached hydrogens (primary N) is 1. The summed E-state index contributed by atoms with van der Waals surface area (Å²) in [7, 11) is 0. The van der Waals surface area contributed by atoms with Crippen LogP contribution in [0.25, 0.3) is 0 Å². The molecule has 1 atom stereocenters. The summed E-state index contributed by atoms with van der Waals surface area (Å²) < 4.78 is 0. The molecule has 4 N–H and O–H groups in total. The highest BCUT2D eigenvalue weighted by atomic mass is 127. The molecular weight excluding hydrogens is 403 g/mol. The van der Waals surface area contributed by atoms with E-state index in [2.05, 4.69) is 41.6 Å². The number of benzene rings is 1. The molecule has 5 nitrogen and oxygen atoms in total. The van der Waals surface area contributed by atoms with Crippen molar-refractivity contribution in [3.05, 3.63) is 29.8 Å². The summed E-state index contributed by atoms with van der Waals surface area (Å²) in [5, 5.41) is 5.93. The van der Waals surface area contributed by atoms with E-state index in [1.165, 1.54) is 5.56 Å². The van der Waals surface area contributed by atoms with Crippen molar-refractivity contribution < 1.29 is 4.79 Å². The fraction of sp³-hybridized carbons (Fsp3) is 0.529.